The quantitative estimate of drug-likeness (QED) is 0.434. The molecule has 1 unspecified atom stereocenters. The highest BCUT2D eigenvalue weighted by Gasteiger charge is 1.93. The molecule has 96 valence electrons. The fraction of sp³-hybridized carbons (Fsp3) is 0.500. The SMILES string of the molecule is C=CC(O)CCC=CCCC=CCCC=CC. The maximum atomic E-state index is 9.23. The molecule has 0 aliphatic heterocycles. The van der Waals surface area contributed by atoms with Crippen molar-refractivity contribution < 1.29 is 5.11 Å². The van der Waals surface area contributed by atoms with Gasteiger partial charge in [0.25, 0.3) is 0 Å². The molecular formula is C16H26O. The van der Waals surface area contributed by atoms with Crippen molar-refractivity contribution in [3.05, 3.63) is 49.1 Å². The molecule has 0 bridgehead atoms. The van der Waals surface area contributed by atoms with Crippen LogP contribution in [0.3, 0.4) is 0 Å². The van der Waals surface area contributed by atoms with Crippen LogP contribution in [0, 0.1) is 0 Å². The molecule has 1 atom stereocenters. The van der Waals surface area contributed by atoms with Crippen LogP contribution in [-0.4, -0.2) is 11.2 Å². The third kappa shape index (κ3) is 12.9. The zero-order valence-corrected chi connectivity index (χ0v) is 11.0. The van der Waals surface area contributed by atoms with Crippen molar-refractivity contribution in [2.45, 2.75) is 51.6 Å². The summed E-state index contributed by atoms with van der Waals surface area (Å²) in [5.41, 5.74) is 0. The van der Waals surface area contributed by atoms with Crippen LogP contribution >= 0.6 is 0 Å². The predicted octanol–water partition coefficient (Wildman–Crippen LogP) is 4.56. The van der Waals surface area contributed by atoms with Gasteiger partial charge >= 0.3 is 0 Å². The lowest BCUT2D eigenvalue weighted by molar-refractivity contribution is 0.214. The van der Waals surface area contributed by atoms with Crippen molar-refractivity contribution in [1.82, 2.24) is 0 Å². The fourth-order valence-electron chi connectivity index (χ4n) is 1.41. The monoisotopic (exact) mass is 234 g/mol. The van der Waals surface area contributed by atoms with Gasteiger partial charge in [-0.25, -0.2) is 0 Å². The molecule has 0 fully saturated rings. The minimum absolute atomic E-state index is 0.355. The van der Waals surface area contributed by atoms with E-state index in [0.29, 0.717) is 0 Å². The Morgan fingerprint density at radius 2 is 1.35 bits per heavy atom. The number of aliphatic hydroxyl groups is 1. The van der Waals surface area contributed by atoms with E-state index in [2.05, 4.69) is 50.0 Å². The Morgan fingerprint density at radius 3 is 1.82 bits per heavy atom. The normalized spacial score (nSPS) is 14.0. The van der Waals surface area contributed by atoms with Gasteiger partial charge in [-0.3, -0.25) is 0 Å². The van der Waals surface area contributed by atoms with Crippen LogP contribution in [0.25, 0.3) is 0 Å². The van der Waals surface area contributed by atoms with E-state index in [-0.39, 0.29) is 6.10 Å². The van der Waals surface area contributed by atoms with E-state index in [9.17, 15) is 5.11 Å². The highest BCUT2D eigenvalue weighted by molar-refractivity contribution is 4.90. The Balaban J connectivity index is 3.32. The highest BCUT2D eigenvalue weighted by atomic mass is 16.3. The average Bonchev–Trinajstić information content (AvgIpc) is 2.35. The largest absolute Gasteiger partial charge is 0.389 e. The molecule has 1 heteroatoms. The summed E-state index contributed by atoms with van der Waals surface area (Å²) >= 11 is 0. The molecule has 0 saturated heterocycles. The third-order valence-electron chi connectivity index (χ3n) is 2.47. The van der Waals surface area contributed by atoms with Gasteiger partial charge in [0.2, 0.25) is 0 Å². The Morgan fingerprint density at radius 1 is 0.882 bits per heavy atom. The van der Waals surface area contributed by atoms with Gasteiger partial charge in [0.1, 0.15) is 0 Å². The van der Waals surface area contributed by atoms with Crippen molar-refractivity contribution >= 4 is 0 Å². The summed E-state index contributed by atoms with van der Waals surface area (Å²) in [6.45, 7) is 5.60. The minimum Gasteiger partial charge on any atom is -0.389 e. The summed E-state index contributed by atoms with van der Waals surface area (Å²) in [6, 6.07) is 0. The number of hydrogen-bond acceptors (Lipinski definition) is 1. The molecule has 0 aromatic carbocycles. The van der Waals surface area contributed by atoms with E-state index in [1.807, 2.05) is 0 Å². The topological polar surface area (TPSA) is 20.2 Å². The average molecular weight is 234 g/mol. The van der Waals surface area contributed by atoms with E-state index in [1.165, 1.54) is 0 Å². The zero-order chi connectivity index (χ0) is 12.8. The first kappa shape index (κ1) is 15.9. The van der Waals surface area contributed by atoms with E-state index >= 15 is 0 Å². The van der Waals surface area contributed by atoms with E-state index in [4.69, 9.17) is 0 Å². The lowest BCUT2D eigenvalue weighted by Crippen LogP contribution is -1.99. The van der Waals surface area contributed by atoms with E-state index in [0.717, 1.165) is 38.5 Å². The van der Waals surface area contributed by atoms with Gasteiger partial charge in [-0.05, 0) is 45.4 Å². The maximum Gasteiger partial charge on any atom is 0.0721 e. The van der Waals surface area contributed by atoms with Crippen LogP contribution in [0.1, 0.15) is 45.4 Å². The molecule has 0 spiro atoms. The molecule has 0 aromatic heterocycles. The summed E-state index contributed by atoms with van der Waals surface area (Å²) in [6.07, 6.45) is 20.5. The molecule has 1 N–H and O–H groups in total. The first-order valence-electron chi connectivity index (χ1n) is 6.53. The molecule has 17 heavy (non-hydrogen) atoms. The van der Waals surface area contributed by atoms with Crippen LogP contribution in [0.5, 0.6) is 0 Å². The molecule has 0 heterocycles. The second-order valence-corrected chi connectivity index (χ2v) is 4.05. The van der Waals surface area contributed by atoms with Gasteiger partial charge in [-0.1, -0.05) is 42.5 Å². The van der Waals surface area contributed by atoms with Crippen molar-refractivity contribution in [2.75, 3.05) is 0 Å². The fourth-order valence-corrected chi connectivity index (χ4v) is 1.41. The summed E-state index contributed by atoms with van der Waals surface area (Å²) < 4.78 is 0. The van der Waals surface area contributed by atoms with Crippen LogP contribution in [-0.2, 0) is 0 Å². The Labute approximate surface area is 106 Å². The maximum absolute atomic E-state index is 9.23. The first-order valence-corrected chi connectivity index (χ1v) is 6.53. The summed E-state index contributed by atoms with van der Waals surface area (Å²) in [4.78, 5) is 0. The lowest BCUT2D eigenvalue weighted by Gasteiger charge is -1.99. The lowest BCUT2D eigenvalue weighted by atomic mass is 10.1. The molecule has 0 saturated carbocycles. The van der Waals surface area contributed by atoms with Gasteiger partial charge in [0, 0.05) is 0 Å². The van der Waals surface area contributed by atoms with Gasteiger partial charge in [0.15, 0.2) is 0 Å². The molecular weight excluding hydrogens is 208 g/mol. The van der Waals surface area contributed by atoms with Crippen molar-refractivity contribution in [1.29, 1.82) is 0 Å². The van der Waals surface area contributed by atoms with Crippen molar-refractivity contribution in [2.24, 2.45) is 0 Å². The molecule has 0 rings (SSSR count). The second kappa shape index (κ2) is 13.0. The van der Waals surface area contributed by atoms with Crippen LogP contribution in [0.2, 0.25) is 0 Å². The standard InChI is InChI=1S/C16H26O/c1-3-5-6-7-8-9-10-11-12-13-14-15-16(17)4-2/h3-5,8-9,12-13,16-17H,2,6-7,10-11,14-15H2,1H3. The number of aliphatic hydroxyl groups excluding tert-OH is 1. The molecule has 0 radical (unpaired) electrons. The predicted molar refractivity (Wildman–Crippen MR) is 77.0 cm³/mol. The number of allylic oxidation sites excluding steroid dienone is 6. The zero-order valence-electron chi connectivity index (χ0n) is 11.0. The molecule has 0 aromatic rings. The number of rotatable bonds is 10. The summed E-state index contributed by atoms with van der Waals surface area (Å²) in [5, 5.41) is 9.23. The number of unbranched alkanes of at least 4 members (excludes halogenated alkanes) is 2. The Hall–Kier alpha value is -1.08. The van der Waals surface area contributed by atoms with E-state index < -0.39 is 0 Å². The summed E-state index contributed by atoms with van der Waals surface area (Å²) in [5.74, 6) is 0. The molecule has 0 amide bonds. The van der Waals surface area contributed by atoms with Crippen LogP contribution in [0.15, 0.2) is 49.1 Å². The molecule has 0 aliphatic carbocycles. The Bertz CT molecular complexity index is 248. The van der Waals surface area contributed by atoms with Crippen molar-refractivity contribution in [3.63, 3.8) is 0 Å². The second-order valence-electron chi connectivity index (χ2n) is 4.05. The minimum atomic E-state index is -0.355. The van der Waals surface area contributed by atoms with Crippen molar-refractivity contribution in [3.8, 4) is 0 Å². The molecule has 0 aliphatic rings. The third-order valence-corrected chi connectivity index (χ3v) is 2.47. The van der Waals surface area contributed by atoms with Gasteiger partial charge in [0.05, 0.1) is 6.10 Å². The molecule has 1 nitrogen and oxygen atoms in total. The first-order chi connectivity index (χ1) is 8.31. The highest BCUT2D eigenvalue weighted by Crippen LogP contribution is 2.01. The van der Waals surface area contributed by atoms with Crippen LogP contribution in [0.4, 0.5) is 0 Å². The Kier molecular flexibility index (Phi) is 12.2. The van der Waals surface area contributed by atoms with Gasteiger partial charge < -0.3 is 5.11 Å². The van der Waals surface area contributed by atoms with Gasteiger partial charge in [-0.2, -0.15) is 0 Å². The summed E-state index contributed by atoms with van der Waals surface area (Å²) in [7, 11) is 0. The van der Waals surface area contributed by atoms with Gasteiger partial charge in [-0.15, -0.1) is 6.58 Å². The van der Waals surface area contributed by atoms with E-state index in [1.54, 1.807) is 6.08 Å². The smallest absolute Gasteiger partial charge is 0.0721 e. The number of hydrogen-bond donors (Lipinski definition) is 1. The van der Waals surface area contributed by atoms with Crippen LogP contribution < -0.4 is 0 Å².